The van der Waals surface area contributed by atoms with Crippen molar-refractivity contribution in [3.05, 3.63) is 48.9 Å². The summed E-state index contributed by atoms with van der Waals surface area (Å²) < 4.78 is 40.8. The number of nitrogens with one attached hydrogen (secondary N) is 3. The Morgan fingerprint density at radius 3 is 2.67 bits per heavy atom. The van der Waals surface area contributed by atoms with Gasteiger partial charge in [0.1, 0.15) is 11.9 Å². The number of fused-ring (bicyclic) bond motifs is 3. The fraction of sp³-hybridized carbons (Fsp3) is 0.238. The highest BCUT2D eigenvalue weighted by atomic mass is 19.4. The van der Waals surface area contributed by atoms with Crippen molar-refractivity contribution in [2.75, 3.05) is 5.32 Å². The number of aromatic amines is 2. The lowest BCUT2D eigenvalue weighted by atomic mass is 10.1. The van der Waals surface area contributed by atoms with Gasteiger partial charge in [0.05, 0.1) is 17.1 Å². The third-order valence-electron chi connectivity index (χ3n) is 5.54. The molecule has 30 heavy (non-hydrogen) atoms. The van der Waals surface area contributed by atoms with Crippen LogP contribution in [0.5, 0.6) is 0 Å². The number of hydrogen-bond acceptors (Lipinski definition) is 4. The molecule has 154 valence electrons. The second-order valence-electron chi connectivity index (χ2n) is 7.67. The number of rotatable bonds is 5. The Labute approximate surface area is 169 Å². The summed E-state index contributed by atoms with van der Waals surface area (Å²) >= 11 is 0. The monoisotopic (exact) mass is 412 g/mol. The zero-order valence-electron chi connectivity index (χ0n) is 15.8. The third-order valence-corrected chi connectivity index (χ3v) is 5.54. The number of anilines is 1. The van der Waals surface area contributed by atoms with Crippen LogP contribution in [0.4, 0.5) is 19.0 Å². The lowest BCUT2D eigenvalue weighted by Gasteiger charge is -2.22. The van der Waals surface area contributed by atoms with E-state index in [9.17, 15) is 13.2 Å². The van der Waals surface area contributed by atoms with Crippen molar-refractivity contribution in [3.63, 3.8) is 0 Å². The number of pyridine rings is 1. The van der Waals surface area contributed by atoms with E-state index in [0.29, 0.717) is 29.3 Å². The largest absolute Gasteiger partial charge is 0.408 e. The number of alkyl halides is 3. The summed E-state index contributed by atoms with van der Waals surface area (Å²) in [5.41, 5.74) is 9.96. The van der Waals surface area contributed by atoms with Crippen LogP contribution in [0.1, 0.15) is 18.4 Å². The van der Waals surface area contributed by atoms with E-state index in [1.165, 1.54) is 6.20 Å². The second-order valence-corrected chi connectivity index (χ2v) is 7.67. The molecule has 1 aliphatic rings. The van der Waals surface area contributed by atoms with Gasteiger partial charge < -0.3 is 16.0 Å². The van der Waals surface area contributed by atoms with E-state index in [4.69, 9.17) is 5.73 Å². The normalized spacial score (nSPS) is 15.6. The summed E-state index contributed by atoms with van der Waals surface area (Å²) in [6.45, 7) is 3.78. The highest BCUT2D eigenvalue weighted by Crippen LogP contribution is 2.43. The Hall–Kier alpha value is -3.49. The van der Waals surface area contributed by atoms with E-state index < -0.39 is 18.1 Å². The average molecular weight is 412 g/mol. The molecule has 0 saturated heterocycles. The molecule has 4 aromatic rings. The quantitative estimate of drug-likeness (QED) is 0.379. The fourth-order valence-corrected chi connectivity index (χ4v) is 3.89. The number of nitrogens with two attached hydrogens (primary N) is 1. The first-order chi connectivity index (χ1) is 14.3. The molecule has 1 fully saturated rings. The van der Waals surface area contributed by atoms with Crippen LogP contribution in [0.3, 0.4) is 0 Å². The fourth-order valence-electron chi connectivity index (χ4n) is 3.89. The highest BCUT2D eigenvalue weighted by molar-refractivity contribution is 6.15. The van der Waals surface area contributed by atoms with Crippen LogP contribution in [-0.2, 0) is 0 Å². The third kappa shape index (κ3) is 3.06. The summed E-state index contributed by atoms with van der Waals surface area (Å²) in [5.74, 6) is -0.240. The van der Waals surface area contributed by atoms with Crippen molar-refractivity contribution >= 4 is 33.3 Å². The zero-order chi connectivity index (χ0) is 21.0. The molecule has 9 heteroatoms. The molecule has 1 aliphatic carbocycles. The Bertz CT molecular complexity index is 1250. The number of nitrogens with zero attached hydrogens (tertiary/aromatic N) is 2. The predicted octanol–water partition coefficient (Wildman–Crippen LogP) is 4.79. The minimum absolute atomic E-state index is 0.187. The summed E-state index contributed by atoms with van der Waals surface area (Å²) in [6.07, 6.45) is 1.69. The van der Waals surface area contributed by atoms with E-state index in [0.717, 1.165) is 22.0 Å². The maximum Gasteiger partial charge on any atom is 0.408 e. The lowest BCUT2D eigenvalue weighted by Crippen LogP contribution is -2.38. The van der Waals surface area contributed by atoms with Crippen molar-refractivity contribution < 1.29 is 13.2 Å². The van der Waals surface area contributed by atoms with Crippen molar-refractivity contribution in [1.29, 1.82) is 0 Å². The average Bonchev–Trinajstić information content (AvgIpc) is 3.22. The molecular formula is C21H19F3N6. The lowest BCUT2D eigenvalue weighted by molar-refractivity contribution is -0.146. The van der Waals surface area contributed by atoms with Crippen molar-refractivity contribution in [3.8, 4) is 11.1 Å². The van der Waals surface area contributed by atoms with Gasteiger partial charge in [-0.25, -0.2) is 4.98 Å². The van der Waals surface area contributed by atoms with Crippen LogP contribution >= 0.6 is 0 Å². The van der Waals surface area contributed by atoms with Crippen LogP contribution in [0.25, 0.3) is 38.6 Å². The minimum Gasteiger partial charge on any atom is -0.399 e. The van der Waals surface area contributed by atoms with Gasteiger partial charge in [-0.1, -0.05) is 18.7 Å². The molecule has 1 unspecified atom stereocenters. The van der Waals surface area contributed by atoms with Crippen LogP contribution in [0.15, 0.2) is 43.4 Å². The molecule has 0 spiro atoms. The molecular weight excluding hydrogens is 393 g/mol. The summed E-state index contributed by atoms with van der Waals surface area (Å²) in [5, 5.41) is 10.7. The molecule has 1 atom stereocenters. The smallest absolute Gasteiger partial charge is 0.399 e. The van der Waals surface area contributed by atoms with Gasteiger partial charge in [0.2, 0.25) is 0 Å². The first-order valence-corrected chi connectivity index (χ1v) is 9.54. The van der Waals surface area contributed by atoms with Gasteiger partial charge in [0.25, 0.3) is 0 Å². The number of H-pyrrole nitrogens is 2. The Kier molecular flexibility index (Phi) is 4.02. The van der Waals surface area contributed by atoms with Gasteiger partial charge in [0.15, 0.2) is 0 Å². The first kappa shape index (κ1) is 18.5. The molecule has 0 bridgehead atoms. The number of benzene rings is 1. The topological polar surface area (TPSA) is 95.4 Å². The van der Waals surface area contributed by atoms with Gasteiger partial charge in [-0.05, 0) is 30.4 Å². The second kappa shape index (κ2) is 6.51. The van der Waals surface area contributed by atoms with E-state index in [-0.39, 0.29) is 11.5 Å². The molecule has 5 N–H and O–H groups in total. The maximum atomic E-state index is 13.6. The molecule has 5 rings (SSSR count). The van der Waals surface area contributed by atoms with Crippen molar-refractivity contribution in [2.24, 2.45) is 11.7 Å². The Morgan fingerprint density at radius 2 is 2.03 bits per heavy atom. The van der Waals surface area contributed by atoms with Crippen LogP contribution in [0, 0.1) is 5.92 Å². The van der Waals surface area contributed by atoms with E-state index in [1.807, 2.05) is 18.2 Å². The molecule has 1 aromatic carbocycles. The number of halogens is 3. The van der Waals surface area contributed by atoms with Crippen LogP contribution in [0.2, 0.25) is 0 Å². The van der Waals surface area contributed by atoms with Gasteiger partial charge in [-0.3, -0.25) is 5.10 Å². The van der Waals surface area contributed by atoms with Gasteiger partial charge in [-0.2, -0.15) is 18.3 Å². The zero-order valence-corrected chi connectivity index (χ0v) is 15.8. The van der Waals surface area contributed by atoms with Gasteiger partial charge in [-0.15, -0.1) is 0 Å². The number of hydrogen-bond donors (Lipinski definition) is 4. The van der Waals surface area contributed by atoms with Gasteiger partial charge >= 0.3 is 6.18 Å². The summed E-state index contributed by atoms with van der Waals surface area (Å²) in [4.78, 5) is 7.59. The molecule has 3 heterocycles. The van der Waals surface area contributed by atoms with Crippen molar-refractivity contribution in [2.45, 2.75) is 25.1 Å². The Morgan fingerprint density at radius 1 is 1.23 bits per heavy atom. The summed E-state index contributed by atoms with van der Waals surface area (Å²) in [7, 11) is 0. The molecule has 0 amide bonds. The molecule has 3 aromatic heterocycles. The summed E-state index contributed by atoms with van der Waals surface area (Å²) in [6, 6.07) is 4.06. The van der Waals surface area contributed by atoms with Crippen LogP contribution < -0.4 is 11.1 Å². The van der Waals surface area contributed by atoms with E-state index in [1.54, 1.807) is 12.4 Å². The maximum absolute atomic E-state index is 13.6. The SMILES string of the molecule is C=C(N)c1cnc(NC(C2CC2)C(F)(F)F)c2c1[nH]c1cc(-c3cn[nH]c3)ccc12. The number of aromatic nitrogens is 4. The highest BCUT2D eigenvalue weighted by Gasteiger charge is 2.49. The van der Waals surface area contributed by atoms with E-state index in [2.05, 4.69) is 32.1 Å². The minimum atomic E-state index is -4.36. The Balaban J connectivity index is 1.70. The first-order valence-electron chi connectivity index (χ1n) is 9.54. The van der Waals surface area contributed by atoms with Gasteiger partial charge in [0, 0.05) is 40.1 Å². The standard InChI is InChI=1S/C21H19F3N6/c1-10(25)15-9-26-20(30-19(11-2-3-11)21(22,23)24)17-14-5-4-12(13-7-27-28-8-13)6-16(14)29-18(15)17/h4-9,11,19,29H,1-3,25H2,(H,26,30)(H,27,28). The van der Waals surface area contributed by atoms with E-state index >= 15 is 0 Å². The predicted molar refractivity (Wildman–Crippen MR) is 111 cm³/mol. The molecule has 0 radical (unpaired) electrons. The molecule has 0 aliphatic heterocycles. The van der Waals surface area contributed by atoms with Crippen LogP contribution in [-0.4, -0.2) is 32.4 Å². The molecule has 1 saturated carbocycles. The molecule has 6 nitrogen and oxygen atoms in total. The van der Waals surface area contributed by atoms with Crippen molar-refractivity contribution in [1.82, 2.24) is 20.2 Å².